The first-order valence-electron chi connectivity index (χ1n) is 10.0. The molecular formula is C29H22. The Bertz CT molecular complexity index is 1280. The van der Waals surface area contributed by atoms with Crippen LogP contribution in [0.2, 0.25) is 0 Å². The van der Waals surface area contributed by atoms with Crippen LogP contribution in [0.1, 0.15) is 5.56 Å². The molecule has 138 valence electrons. The van der Waals surface area contributed by atoms with Crippen molar-refractivity contribution in [3.05, 3.63) is 121 Å². The van der Waals surface area contributed by atoms with Crippen LogP contribution in [0.25, 0.3) is 44.2 Å². The molecule has 0 N–H and O–H groups in total. The SMILES string of the molecule is Cc1cccc(-c2c(-c3ccc(-c4ccccc4)cc3)ccc3ccccc23)c1. The van der Waals surface area contributed by atoms with E-state index in [1.54, 1.807) is 0 Å². The Morgan fingerprint density at radius 2 is 1.10 bits per heavy atom. The first-order chi connectivity index (χ1) is 14.3. The van der Waals surface area contributed by atoms with Gasteiger partial charge in [0.1, 0.15) is 0 Å². The summed E-state index contributed by atoms with van der Waals surface area (Å²) in [6.07, 6.45) is 0. The van der Waals surface area contributed by atoms with Crippen molar-refractivity contribution in [2.75, 3.05) is 0 Å². The third kappa shape index (κ3) is 3.34. The van der Waals surface area contributed by atoms with E-state index in [-0.39, 0.29) is 0 Å². The first-order valence-corrected chi connectivity index (χ1v) is 10.0. The Morgan fingerprint density at radius 1 is 0.448 bits per heavy atom. The molecule has 0 bridgehead atoms. The molecular weight excluding hydrogens is 348 g/mol. The molecule has 0 radical (unpaired) electrons. The van der Waals surface area contributed by atoms with Gasteiger partial charge in [-0.2, -0.15) is 0 Å². The van der Waals surface area contributed by atoms with Crippen LogP contribution in [0.5, 0.6) is 0 Å². The van der Waals surface area contributed by atoms with Gasteiger partial charge in [-0.25, -0.2) is 0 Å². The van der Waals surface area contributed by atoms with Crippen LogP contribution >= 0.6 is 0 Å². The molecule has 0 aliphatic carbocycles. The van der Waals surface area contributed by atoms with Gasteiger partial charge >= 0.3 is 0 Å². The number of aryl methyl sites for hydroxylation is 1. The van der Waals surface area contributed by atoms with Crippen LogP contribution < -0.4 is 0 Å². The third-order valence-electron chi connectivity index (χ3n) is 5.54. The van der Waals surface area contributed by atoms with Gasteiger partial charge in [-0.1, -0.05) is 121 Å². The van der Waals surface area contributed by atoms with Crippen LogP contribution in [0.3, 0.4) is 0 Å². The fraction of sp³-hybridized carbons (Fsp3) is 0.0345. The minimum absolute atomic E-state index is 1.24. The Balaban J connectivity index is 1.70. The highest BCUT2D eigenvalue weighted by atomic mass is 14.2. The molecule has 0 aliphatic heterocycles. The van der Waals surface area contributed by atoms with Crippen molar-refractivity contribution < 1.29 is 0 Å². The molecule has 0 spiro atoms. The second-order valence-corrected chi connectivity index (χ2v) is 7.52. The molecule has 5 aromatic rings. The molecule has 0 heterocycles. The fourth-order valence-electron chi connectivity index (χ4n) is 4.10. The van der Waals surface area contributed by atoms with E-state index in [9.17, 15) is 0 Å². The minimum Gasteiger partial charge on any atom is -0.0622 e. The van der Waals surface area contributed by atoms with Gasteiger partial charge in [0, 0.05) is 0 Å². The number of benzene rings is 5. The van der Waals surface area contributed by atoms with Gasteiger partial charge in [0.2, 0.25) is 0 Å². The van der Waals surface area contributed by atoms with Crippen molar-refractivity contribution in [2.45, 2.75) is 6.92 Å². The molecule has 0 saturated carbocycles. The van der Waals surface area contributed by atoms with E-state index in [1.165, 1.54) is 49.7 Å². The second-order valence-electron chi connectivity index (χ2n) is 7.52. The van der Waals surface area contributed by atoms with Gasteiger partial charge in [0.15, 0.2) is 0 Å². The summed E-state index contributed by atoms with van der Waals surface area (Å²) in [5.74, 6) is 0. The van der Waals surface area contributed by atoms with Gasteiger partial charge in [0.25, 0.3) is 0 Å². The van der Waals surface area contributed by atoms with Gasteiger partial charge in [-0.15, -0.1) is 0 Å². The van der Waals surface area contributed by atoms with E-state index in [0.717, 1.165) is 0 Å². The normalized spacial score (nSPS) is 10.9. The number of hydrogen-bond acceptors (Lipinski definition) is 0. The molecule has 5 aromatic carbocycles. The van der Waals surface area contributed by atoms with Crippen LogP contribution in [0.15, 0.2) is 115 Å². The Kier molecular flexibility index (Phi) is 4.46. The van der Waals surface area contributed by atoms with E-state index in [1.807, 2.05) is 0 Å². The van der Waals surface area contributed by atoms with E-state index in [0.29, 0.717) is 0 Å². The van der Waals surface area contributed by atoms with Crippen LogP contribution in [0.4, 0.5) is 0 Å². The predicted molar refractivity (Wildman–Crippen MR) is 125 cm³/mol. The summed E-state index contributed by atoms with van der Waals surface area (Å²) < 4.78 is 0. The lowest BCUT2D eigenvalue weighted by atomic mass is 9.89. The van der Waals surface area contributed by atoms with Gasteiger partial charge < -0.3 is 0 Å². The van der Waals surface area contributed by atoms with Crippen molar-refractivity contribution in [2.24, 2.45) is 0 Å². The minimum atomic E-state index is 1.24. The van der Waals surface area contributed by atoms with Crippen molar-refractivity contribution in [1.29, 1.82) is 0 Å². The van der Waals surface area contributed by atoms with Crippen molar-refractivity contribution in [1.82, 2.24) is 0 Å². The Hall–Kier alpha value is -3.64. The monoisotopic (exact) mass is 370 g/mol. The average molecular weight is 370 g/mol. The summed E-state index contributed by atoms with van der Waals surface area (Å²) >= 11 is 0. The molecule has 0 heteroatoms. The molecule has 0 saturated heterocycles. The molecule has 0 atom stereocenters. The molecule has 0 aromatic heterocycles. The maximum Gasteiger partial charge on any atom is -0.00267 e. The maximum atomic E-state index is 2.28. The van der Waals surface area contributed by atoms with Gasteiger partial charge in [0.05, 0.1) is 0 Å². The molecule has 0 nitrogen and oxygen atoms in total. The van der Waals surface area contributed by atoms with Gasteiger partial charge in [-0.05, 0) is 51.1 Å². The zero-order valence-electron chi connectivity index (χ0n) is 16.5. The van der Waals surface area contributed by atoms with Gasteiger partial charge in [-0.3, -0.25) is 0 Å². The Morgan fingerprint density at radius 3 is 1.90 bits per heavy atom. The van der Waals surface area contributed by atoms with E-state index in [4.69, 9.17) is 0 Å². The summed E-state index contributed by atoms with van der Waals surface area (Å²) in [7, 11) is 0. The van der Waals surface area contributed by atoms with E-state index >= 15 is 0 Å². The largest absolute Gasteiger partial charge is 0.0622 e. The Labute approximate surface area is 172 Å². The molecule has 5 rings (SSSR count). The predicted octanol–water partition coefficient (Wildman–Crippen LogP) is 8.15. The topological polar surface area (TPSA) is 0 Å². The lowest BCUT2D eigenvalue weighted by Gasteiger charge is -2.15. The summed E-state index contributed by atoms with van der Waals surface area (Å²) in [4.78, 5) is 0. The lowest BCUT2D eigenvalue weighted by molar-refractivity contribution is 1.47. The van der Waals surface area contributed by atoms with Crippen molar-refractivity contribution in [3.63, 3.8) is 0 Å². The molecule has 0 unspecified atom stereocenters. The maximum absolute atomic E-state index is 2.28. The smallest absolute Gasteiger partial charge is 0.00267 e. The third-order valence-corrected chi connectivity index (χ3v) is 5.54. The number of fused-ring (bicyclic) bond motifs is 1. The highest BCUT2D eigenvalue weighted by molar-refractivity contribution is 6.04. The van der Waals surface area contributed by atoms with Crippen molar-refractivity contribution in [3.8, 4) is 33.4 Å². The van der Waals surface area contributed by atoms with Crippen molar-refractivity contribution >= 4 is 10.8 Å². The first kappa shape index (κ1) is 17.5. The summed E-state index contributed by atoms with van der Waals surface area (Å²) in [5.41, 5.74) is 8.86. The standard InChI is InChI=1S/C29H22/c1-21-8-7-12-26(20-21)29-27-13-6-5-11-24(27)18-19-28(29)25-16-14-23(15-17-25)22-9-3-2-4-10-22/h2-20H,1H3. The average Bonchev–Trinajstić information content (AvgIpc) is 2.79. The van der Waals surface area contributed by atoms with Crippen LogP contribution in [-0.2, 0) is 0 Å². The molecule has 29 heavy (non-hydrogen) atoms. The molecule has 0 amide bonds. The van der Waals surface area contributed by atoms with Crippen LogP contribution in [-0.4, -0.2) is 0 Å². The number of rotatable bonds is 3. The summed E-state index contributed by atoms with van der Waals surface area (Å²) in [6, 6.07) is 41.4. The highest BCUT2D eigenvalue weighted by Gasteiger charge is 2.12. The van der Waals surface area contributed by atoms with Crippen LogP contribution in [0, 0.1) is 6.92 Å². The fourth-order valence-corrected chi connectivity index (χ4v) is 4.10. The lowest BCUT2D eigenvalue weighted by Crippen LogP contribution is -1.89. The summed E-state index contributed by atoms with van der Waals surface area (Å²) in [5, 5.41) is 2.57. The van der Waals surface area contributed by atoms with E-state index < -0.39 is 0 Å². The second kappa shape index (κ2) is 7.41. The quantitative estimate of drug-likeness (QED) is 0.300. The summed E-state index contributed by atoms with van der Waals surface area (Å²) in [6.45, 7) is 2.16. The van der Waals surface area contributed by atoms with E-state index in [2.05, 4.69) is 122 Å². The highest BCUT2D eigenvalue weighted by Crippen LogP contribution is 2.39. The zero-order chi connectivity index (χ0) is 19.6. The molecule has 0 aliphatic rings. The number of hydrogen-bond donors (Lipinski definition) is 0. The zero-order valence-corrected chi connectivity index (χ0v) is 16.5. The molecule has 0 fully saturated rings.